The molecule has 0 bridgehead atoms. The largest absolute Gasteiger partial charge is 0.497 e. The Hall–Kier alpha value is -2.82. The quantitative estimate of drug-likeness (QED) is 0.803. The van der Waals surface area contributed by atoms with Crippen LogP contribution in [0, 0.1) is 5.82 Å². The average Bonchev–Trinajstić information content (AvgIpc) is 2.90. The molecular weight excluding hydrogens is 271 g/mol. The van der Waals surface area contributed by atoms with Gasteiger partial charge in [-0.25, -0.2) is 9.07 Å². The number of hydrogen-bond donors (Lipinski definition) is 1. The van der Waals surface area contributed by atoms with E-state index in [9.17, 15) is 9.18 Å². The molecule has 106 valence electrons. The first-order valence-corrected chi connectivity index (χ1v) is 6.40. The monoisotopic (exact) mass is 284 g/mol. The summed E-state index contributed by atoms with van der Waals surface area (Å²) < 4.78 is 19.4. The van der Waals surface area contributed by atoms with E-state index in [-0.39, 0.29) is 11.4 Å². The van der Waals surface area contributed by atoms with Crippen molar-refractivity contribution in [3.8, 4) is 22.7 Å². The summed E-state index contributed by atoms with van der Waals surface area (Å²) in [6.07, 6.45) is 0. The summed E-state index contributed by atoms with van der Waals surface area (Å²) in [6.45, 7) is 0. The third-order valence-electron chi connectivity index (χ3n) is 3.21. The predicted molar refractivity (Wildman–Crippen MR) is 78.3 cm³/mol. The van der Waals surface area contributed by atoms with Gasteiger partial charge in [-0.15, -0.1) is 0 Å². The minimum absolute atomic E-state index is 0.201. The van der Waals surface area contributed by atoms with Gasteiger partial charge in [0.05, 0.1) is 18.5 Å². The molecule has 1 heterocycles. The predicted octanol–water partition coefficient (Wildman–Crippen LogP) is 2.98. The van der Waals surface area contributed by atoms with Crippen molar-refractivity contribution in [1.82, 2.24) is 9.78 Å². The molecule has 5 heteroatoms. The van der Waals surface area contributed by atoms with E-state index in [0.29, 0.717) is 11.4 Å². The Kier molecular flexibility index (Phi) is 3.31. The van der Waals surface area contributed by atoms with E-state index < -0.39 is 0 Å². The number of methoxy groups -OCH3 is 1. The highest BCUT2D eigenvalue weighted by atomic mass is 19.1. The number of aromatic nitrogens is 2. The van der Waals surface area contributed by atoms with Gasteiger partial charge >= 0.3 is 0 Å². The first-order chi connectivity index (χ1) is 10.2. The maximum absolute atomic E-state index is 12.9. The zero-order valence-corrected chi connectivity index (χ0v) is 11.3. The average molecular weight is 284 g/mol. The lowest BCUT2D eigenvalue weighted by Crippen LogP contribution is -2.13. The summed E-state index contributed by atoms with van der Waals surface area (Å²) in [5, 5.41) is 3.01. The number of H-pyrrole nitrogens is 1. The van der Waals surface area contributed by atoms with Gasteiger partial charge in [-0.3, -0.25) is 9.89 Å². The van der Waals surface area contributed by atoms with Crippen molar-refractivity contribution < 1.29 is 9.13 Å². The van der Waals surface area contributed by atoms with Crippen LogP contribution in [0.4, 0.5) is 4.39 Å². The fourth-order valence-electron chi connectivity index (χ4n) is 2.10. The summed E-state index contributed by atoms with van der Waals surface area (Å²) >= 11 is 0. The first kappa shape index (κ1) is 13.2. The fourth-order valence-corrected chi connectivity index (χ4v) is 2.10. The molecule has 0 aliphatic carbocycles. The molecule has 0 saturated carbocycles. The molecule has 0 fully saturated rings. The van der Waals surface area contributed by atoms with Crippen molar-refractivity contribution in [3.05, 3.63) is 70.8 Å². The molecule has 1 aromatic heterocycles. The number of halogens is 1. The molecule has 2 aromatic carbocycles. The van der Waals surface area contributed by atoms with Gasteiger partial charge in [0.15, 0.2) is 0 Å². The topological polar surface area (TPSA) is 47.0 Å². The smallest absolute Gasteiger partial charge is 0.271 e. The van der Waals surface area contributed by atoms with E-state index in [1.165, 1.54) is 22.9 Å². The maximum Gasteiger partial charge on any atom is 0.271 e. The third-order valence-corrected chi connectivity index (χ3v) is 3.21. The minimum Gasteiger partial charge on any atom is -0.497 e. The van der Waals surface area contributed by atoms with Crippen LogP contribution in [-0.4, -0.2) is 16.9 Å². The number of ether oxygens (including phenoxy) is 1. The van der Waals surface area contributed by atoms with Crippen LogP contribution in [0.1, 0.15) is 0 Å². The number of benzene rings is 2. The van der Waals surface area contributed by atoms with Gasteiger partial charge in [0.25, 0.3) is 5.56 Å². The molecule has 0 saturated heterocycles. The standard InChI is InChI=1S/C16H13FN2O2/c1-21-14-8-2-11(3-9-14)15-10-16(20)19(18-15)13-6-4-12(17)5-7-13/h2-10,18H,1H3. The van der Waals surface area contributed by atoms with Crippen molar-refractivity contribution in [2.45, 2.75) is 0 Å². The molecule has 1 N–H and O–H groups in total. The van der Waals surface area contributed by atoms with Gasteiger partial charge < -0.3 is 4.74 Å². The highest BCUT2D eigenvalue weighted by Crippen LogP contribution is 2.20. The molecule has 0 atom stereocenters. The fraction of sp³-hybridized carbons (Fsp3) is 0.0625. The minimum atomic E-state index is -0.339. The van der Waals surface area contributed by atoms with Crippen molar-refractivity contribution in [2.24, 2.45) is 0 Å². The lowest BCUT2D eigenvalue weighted by atomic mass is 10.1. The SMILES string of the molecule is COc1ccc(-c2cc(=O)n(-c3ccc(F)cc3)[nH]2)cc1. The van der Waals surface area contributed by atoms with Crippen LogP contribution in [0.5, 0.6) is 5.75 Å². The molecule has 3 rings (SSSR count). The molecule has 0 aliphatic heterocycles. The Morgan fingerprint density at radius 1 is 1.05 bits per heavy atom. The summed E-state index contributed by atoms with van der Waals surface area (Å²) in [6, 6.07) is 14.6. The Labute approximate surface area is 120 Å². The second-order valence-electron chi connectivity index (χ2n) is 4.55. The lowest BCUT2D eigenvalue weighted by Gasteiger charge is -2.03. The number of rotatable bonds is 3. The van der Waals surface area contributed by atoms with Gasteiger partial charge in [0.1, 0.15) is 11.6 Å². The number of hydrogen-bond acceptors (Lipinski definition) is 2. The summed E-state index contributed by atoms with van der Waals surface area (Å²) in [7, 11) is 1.60. The Morgan fingerprint density at radius 2 is 1.71 bits per heavy atom. The summed E-state index contributed by atoms with van der Waals surface area (Å²) in [4.78, 5) is 12.0. The van der Waals surface area contributed by atoms with E-state index in [0.717, 1.165) is 11.3 Å². The van der Waals surface area contributed by atoms with Gasteiger partial charge in [-0.2, -0.15) is 0 Å². The molecule has 0 spiro atoms. The third kappa shape index (κ3) is 2.58. The van der Waals surface area contributed by atoms with E-state index in [2.05, 4.69) is 5.10 Å². The highest BCUT2D eigenvalue weighted by molar-refractivity contribution is 5.60. The lowest BCUT2D eigenvalue weighted by molar-refractivity contribution is 0.415. The Morgan fingerprint density at radius 3 is 2.33 bits per heavy atom. The van der Waals surface area contributed by atoms with Crippen LogP contribution in [0.25, 0.3) is 16.9 Å². The first-order valence-electron chi connectivity index (χ1n) is 6.40. The van der Waals surface area contributed by atoms with Crippen molar-refractivity contribution in [1.29, 1.82) is 0 Å². The van der Waals surface area contributed by atoms with Crippen molar-refractivity contribution in [3.63, 3.8) is 0 Å². The molecule has 0 aliphatic rings. The van der Waals surface area contributed by atoms with Crippen LogP contribution in [0.15, 0.2) is 59.4 Å². The molecule has 21 heavy (non-hydrogen) atoms. The van der Waals surface area contributed by atoms with Gasteiger partial charge in [-0.05, 0) is 54.1 Å². The van der Waals surface area contributed by atoms with E-state index >= 15 is 0 Å². The second-order valence-corrected chi connectivity index (χ2v) is 4.55. The van der Waals surface area contributed by atoms with Crippen LogP contribution < -0.4 is 10.3 Å². The van der Waals surface area contributed by atoms with Crippen LogP contribution in [0.2, 0.25) is 0 Å². The Bertz CT molecular complexity index is 802. The van der Waals surface area contributed by atoms with Crippen LogP contribution >= 0.6 is 0 Å². The van der Waals surface area contributed by atoms with Crippen molar-refractivity contribution >= 4 is 0 Å². The molecule has 0 radical (unpaired) electrons. The maximum atomic E-state index is 12.9. The number of nitrogens with one attached hydrogen (secondary N) is 1. The number of aromatic amines is 1. The molecular formula is C16H13FN2O2. The second kappa shape index (κ2) is 5.28. The molecule has 0 unspecified atom stereocenters. The van der Waals surface area contributed by atoms with E-state index in [1.54, 1.807) is 19.2 Å². The van der Waals surface area contributed by atoms with Crippen molar-refractivity contribution in [2.75, 3.05) is 7.11 Å². The molecule has 0 amide bonds. The van der Waals surface area contributed by atoms with Crippen LogP contribution in [0.3, 0.4) is 0 Å². The van der Waals surface area contributed by atoms with Gasteiger partial charge in [0, 0.05) is 6.07 Å². The summed E-state index contributed by atoms with van der Waals surface area (Å²) in [5.74, 6) is 0.410. The molecule has 4 nitrogen and oxygen atoms in total. The zero-order valence-electron chi connectivity index (χ0n) is 11.3. The van der Waals surface area contributed by atoms with E-state index in [4.69, 9.17) is 4.74 Å². The normalized spacial score (nSPS) is 10.6. The highest BCUT2D eigenvalue weighted by Gasteiger charge is 2.07. The zero-order chi connectivity index (χ0) is 14.8. The molecule has 3 aromatic rings. The summed E-state index contributed by atoms with van der Waals surface area (Å²) in [5.41, 5.74) is 1.94. The Balaban J connectivity index is 2.00. The van der Waals surface area contributed by atoms with Crippen LogP contribution in [-0.2, 0) is 0 Å². The van der Waals surface area contributed by atoms with Gasteiger partial charge in [-0.1, -0.05) is 0 Å². The van der Waals surface area contributed by atoms with E-state index in [1.807, 2.05) is 24.3 Å². The van der Waals surface area contributed by atoms with Gasteiger partial charge in [0.2, 0.25) is 0 Å². The number of nitrogens with zero attached hydrogens (tertiary/aromatic N) is 1.